The second-order valence-corrected chi connectivity index (χ2v) is 10.6. The molecular formula is C28H27N3O3S2. The molecule has 8 heteroatoms. The van der Waals surface area contributed by atoms with Crippen molar-refractivity contribution in [2.75, 3.05) is 24.2 Å². The van der Waals surface area contributed by atoms with Gasteiger partial charge in [0.1, 0.15) is 0 Å². The number of carbonyl (C=O) groups is 2. The van der Waals surface area contributed by atoms with Crippen LogP contribution in [0.15, 0.2) is 82.7 Å². The van der Waals surface area contributed by atoms with Gasteiger partial charge in [-0.05, 0) is 42.5 Å². The van der Waals surface area contributed by atoms with Gasteiger partial charge in [-0.1, -0.05) is 60.3 Å². The fourth-order valence-electron chi connectivity index (χ4n) is 4.46. The highest BCUT2D eigenvalue weighted by molar-refractivity contribution is 8.13. The largest absolute Gasteiger partial charge is 0.463 e. The molecule has 0 bridgehead atoms. The van der Waals surface area contributed by atoms with Gasteiger partial charge in [0.25, 0.3) is 0 Å². The summed E-state index contributed by atoms with van der Waals surface area (Å²) < 4.78 is 5.54. The van der Waals surface area contributed by atoms with Gasteiger partial charge in [-0.3, -0.25) is 4.79 Å². The van der Waals surface area contributed by atoms with E-state index in [-0.39, 0.29) is 24.5 Å². The van der Waals surface area contributed by atoms with Crippen LogP contribution < -0.4 is 5.32 Å². The van der Waals surface area contributed by atoms with E-state index in [1.165, 1.54) is 0 Å². The molecule has 1 fully saturated rings. The number of nitrogens with zero attached hydrogens (tertiary/aromatic N) is 2. The minimum atomic E-state index is -0.354. The minimum Gasteiger partial charge on any atom is -0.463 e. The summed E-state index contributed by atoms with van der Waals surface area (Å²) in [5, 5.41) is 5.87. The maximum absolute atomic E-state index is 13.4. The Bertz CT molecular complexity index is 1290. The van der Waals surface area contributed by atoms with Crippen LogP contribution in [0, 0.1) is 0 Å². The molecule has 3 heterocycles. The Kier molecular flexibility index (Phi) is 7.53. The lowest BCUT2D eigenvalue weighted by molar-refractivity contribution is -0.139. The van der Waals surface area contributed by atoms with Crippen molar-refractivity contribution in [1.82, 2.24) is 4.90 Å². The predicted molar refractivity (Wildman–Crippen MR) is 147 cm³/mol. The first-order chi connectivity index (χ1) is 17.6. The van der Waals surface area contributed by atoms with Gasteiger partial charge in [0.15, 0.2) is 5.17 Å². The van der Waals surface area contributed by atoms with Crippen molar-refractivity contribution in [3.05, 3.63) is 93.7 Å². The Labute approximate surface area is 219 Å². The molecule has 1 unspecified atom stereocenters. The number of fused-ring (bicyclic) bond motifs is 1. The Balaban J connectivity index is 1.50. The molecule has 0 spiro atoms. The van der Waals surface area contributed by atoms with Crippen LogP contribution in [0.3, 0.4) is 0 Å². The molecule has 3 aromatic rings. The third-order valence-electron chi connectivity index (χ3n) is 6.04. The number of thioether (sulfide) groups is 1. The van der Waals surface area contributed by atoms with Gasteiger partial charge < -0.3 is 15.0 Å². The SMILES string of the molecule is CCOC(=O)C1=C(c2ccccc2)N=C2SCCCN2C1c1ccc(NC(=O)Cc2cccs2)cc1. The summed E-state index contributed by atoms with van der Waals surface area (Å²) in [4.78, 5) is 34.0. The molecule has 0 aliphatic carbocycles. The smallest absolute Gasteiger partial charge is 0.338 e. The number of ether oxygens (including phenoxy) is 1. The number of thiophene rings is 1. The summed E-state index contributed by atoms with van der Waals surface area (Å²) in [6.07, 6.45) is 1.36. The number of hydrogen-bond acceptors (Lipinski definition) is 7. The van der Waals surface area contributed by atoms with Crippen molar-refractivity contribution in [2.45, 2.75) is 25.8 Å². The van der Waals surface area contributed by atoms with E-state index in [2.05, 4.69) is 10.2 Å². The van der Waals surface area contributed by atoms with Gasteiger partial charge in [0.2, 0.25) is 5.91 Å². The lowest BCUT2D eigenvalue weighted by atomic mass is 9.91. The number of esters is 1. The first-order valence-electron chi connectivity index (χ1n) is 12.0. The van der Waals surface area contributed by atoms with E-state index in [4.69, 9.17) is 9.73 Å². The molecule has 2 aliphatic heterocycles. The number of amidine groups is 1. The molecule has 1 N–H and O–H groups in total. The van der Waals surface area contributed by atoms with E-state index < -0.39 is 0 Å². The first kappa shape index (κ1) is 24.3. The van der Waals surface area contributed by atoms with Crippen LogP contribution in [0.1, 0.15) is 35.4 Å². The van der Waals surface area contributed by atoms with Crippen molar-refractivity contribution >= 4 is 51.5 Å². The second-order valence-electron chi connectivity index (χ2n) is 8.47. The maximum atomic E-state index is 13.4. The highest BCUT2D eigenvalue weighted by Crippen LogP contribution is 2.43. The monoisotopic (exact) mass is 517 g/mol. The van der Waals surface area contributed by atoms with E-state index in [0.29, 0.717) is 17.7 Å². The summed E-state index contributed by atoms with van der Waals surface area (Å²) in [5.41, 5.74) is 3.78. The van der Waals surface area contributed by atoms with Crippen LogP contribution in [0.2, 0.25) is 0 Å². The Morgan fingerprint density at radius 1 is 1.08 bits per heavy atom. The molecule has 36 heavy (non-hydrogen) atoms. The quantitative estimate of drug-likeness (QED) is 0.404. The summed E-state index contributed by atoms with van der Waals surface area (Å²) >= 11 is 3.29. The molecule has 5 rings (SSSR count). The average molecular weight is 518 g/mol. The molecule has 1 aromatic heterocycles. The number of nitrogens with one attached hydrogen (secondary N) is 1. The van der Waals surface area contributed by atoms with E-state index in [9.17, 15) is 9.59 Å². The molecule has 0 saturated carbocycles. The third kappa shape index (κ3) is 5.24. The average Bonchev–Trinajstić information content (AvgIpc) is 3.41. The molecule has 1 amide bonds. The molecular weight excluding hydrogens is 490 g/mol. The summed E-state index contributed by atoms with van der Waals surface area (Å²) in [5.74, 6) is 0.588. The maximum Gasteiger partial charge on any atom is 0.338 e. The lowest BCUT2D eigenvalue weighted by Crippen LogP contribution is -2.42. The second kappa shape index (κ2) is 11.1. The van der Waals surface area contributed by atoms with Crippen LogP contribution in [-0.4, -0.2) is 40.8 Å². The number of aliphatic imine (C=N–C) groups is 1. The minimum absolute atomic E-state index is 0.0526. The van der Waals surface area contributed by atoms with Crippen molar-refractivity contribution in [2.24, 2.45) is 4.99 Å². The predicted octanol–water partition coefficient (Wildman–Crippen LogP) is 5.75. The Morgan fingerprint density at radius 3 is 2.61 bits per heavy atom. The third-order valence-corrected chi connectivity index (χ3v) is 7.99. The van der Waals surface area contributed by atoms with Crippen LogP contribution in [0.4, 0.5) is 5.69 Å². The summed E-state index contributed by atoms with van der Waals surface area (Å²) in [7, 11) is 0. The van der Waals surface area contributed by atoms with Gasteiger partial charge in [-0.15, -0.1) is 11.3 Å². The number of benzene rings is 2. The molecule has 184 valence electrons. The zero-order valence-corrected chi connectivity index (χ0v) is 21.6. The van der Waals surface area contributed by atoms with Crippen LogP contribution in [0.25, 0.3) is 5.70 Å². The molecule has 2 aliphatic rings. The summed E-state index contributed by atoms with van der Waals surface area (Å²) in [6.45, 7) is 2.91. The van der Waals surface area contributed by atoms with Crippen LogP contribution in [-0.2, 0) is 20.7 Å². The number of carbonyl (C=O) groups excluding carboxylic acids is 2. The van der Waals surface area contributed by atoms with E-state index in [1.807, 2.05) is 79.0 Å². The zero-order chi connectivity index (χ0) is 24.9. The molecule has 0 radical (unpaired) electrons. The Hall–Kier alpha value is -3.36. The van der Waals surface area contributed by atoms with Crippen LogP contribution in [0.5, 0.6) is 0 Å². The van der Waals surface area contributed by atoms with Crippen molar-refractivity contribution in [1.29, 1.82) is 0 Å². The van der Waals surface area contributed by atoms with Crippen molar-refractivity contribution in [3.63, 3.8) is 0 Å². The molecule has 1 atom stereocenters. The number of amides is 1. The number of rotatable bonds is 7. The normalized spacial score (nSPS) is 17.3. The van der Waals surface area contributed by atoms with Gasteiger partial charge in [-0.25, -0.2) is 9.79 Å². The van der Waals surface area contributed by atoms with E-state index >= 15 is 0 Å². The highest BCUT2D eigenvalue weighted by atomic mass is 32.2. The van der Waals surface area contributed by atoms with Gasteiger partial charge >= 0.3 is 5.97 Å². The number of anilines is 1. The van der Waals surface area contributed by atoms with E-state index in [0.717, 1.165) is 45.6 Å². The van der Waals surface area contributed by atoms with Gasteiger partial charge in [0.05, 0.1) is 30.3 Å². The van der Waals surface area contributed by atoms with Gasteiger partial charge in [-0.2, -0.15) is 0 Å². The standard InChI is InChI=1S/C28H27N3O3S2/c1-2-34-27(33)24-25(19-8-4-3-5-9-19)30-28-31(15-7-17-36-28)26(24)20-11-13-21(14-12-20)29-23(32)18-22-10-6-16-35-22/h3-6,8-14,16,26H,2,7,15,17-18H2,1H3,(H,29,32). The fraction of sp³-hybridized carbons (Fsp3) is 0.250. The topological polar surface area (TPSA) is 71.0 Å². The fourth-order valence-corrected chi connectivity index (χ4v) is 6.14. The highest BCUT2D eigenvalue weighted by Gasteiger charge is 2.39. The van der Waals surface area contributed by atoms with Crippen LogP contribution >= 0.6 is 23.1 Å². The molecule has 2 aromatic carbocycles. The first-order valence-corrected chi connectivity index (χ1v) is 13.9. The number of hydrogen-bond donors (Lipinski definition) is 1. The van der Waals surface area contributed by atoms with Crippen molar-refractivity contribution < 1.29 is 14.3 Å². The Morgan fingerprint density at radius 2 is 1.89 bits per heavy atom. The van der Waals surface area contributed by atoms with Crippen molar-refractivity contribution in [3.8, 4) is 0 Å². The molecule has 6 nitrogen and oxygen atoms in total. The zero-order valence-electron chi connectivity index (χ0n) is 20.0. The van der Waals surface area contributed by atoms with Gasteiger partial charge in [0, 0.05) is 28.4 Å². The van der Waals surface area contributed by atoms with E-state index in [1.54, 1.807) is 23.1 Å². The lowest BCUT2D eigenvalue weighted by Gasteiger charge is -2.41. The summed E-state index contributed by atoms with van der Waals surface area (Å²) in [6, 6.07) is 21.2. The molecule has 1 saturated heterocycles.